The summed E-state index contributed by atoms with van der Waals surface area (Å²) in [7, 11) is 3.03. The number of rotatable bonds is 7. The van der Waals surface area contributed by atoms with Gasteiger partial charge in [-0.3, -0.25) is 14.9 Å². The molecule has 0 unspecified atom stereocenters. The van der Waals surface area contributed by atoms with E-state index in [1.165, 1.54) is 20.3 Å². The highest BCUT2D eigenvalue weighted by Gasteiger charge is 2.21. The maximum atomic E-state index is 12.1. The van der Waals surface area contributed by atoms with Crippen molar-refractivity contribution in [1.82, 2.24) is 0 Å². The van der Waals surface area contributed by atoms with Gasteiger partial charge >= 0.3 is 0 Å². The summed E-state index contributed by atoms with van der Waals surface area (Å²) in [6, 6.07) is 20.5. The summed E-state index contributed by atoms with van der Waals surface area (Å²) in [5, 5.41) is 13.2. The molecule has 160 valence electrons. The Bertz CT molecular complexity index is 1320. The number of methoxy groups -OCH3 is 2. The number of ether oxygens (including phenoxy) is 3. The molecule has 0 fully saturated rings. The minimum absolute atomic E-state index is 0.165. The zero-order chi connectivity index (χ0) is 22.7. The third-order valence-corrected chi connectivity index (χ3v) is 5.12. The molecule has 0 aliphatic rings. The fourth-order valence-corrected chi connectivity index (χ4v) is 3.61. The normalized spacial score (nSPS) is 10.6. The molecule has 7 heteroatoms. The van der Waals surface area contributed by atoms with Gasteiger partial charge in [-0.1, -0.05) is 30.3 Å². The van der Waals surface area contributed by atoms with Crippen LogP contribution in [0.2, 0.25) is 0 Å². The molecular weight excluding hydrogens is 410 g/mol. The SMILES string of the molecule is COc1cc2ccc(-c3ccc(Oc4ccccc4)cc3[N+](=O)[O-])c(C=O)c2cc1OC. The third kappa shape index (κ3) is 3.83. The smallest absolute Gasteiger partial charge is 0.280 e. The van der Waals surface area contributed by atoms with Gasteiger partial charge < -0.3 is 14.2 Å². The maximum absolute atomic E-state index is 12.1. The van der Waals surface area contributed by atoms with Gasteiger partial charge in [0, 0.05) is 5.56 Å². The van der Waals surface area contributed by atoms with Gasteiger partial charge in [-0.05, 0) is 52.7 Å². The van der Waals surface area contributed by atoms with Crippen LogP contribution in [0.4, 0.5) is 5.69 Å². The Morgan fingerprint density at radius 2 is 1.50 bits per heavy atom. The van der Waals surface area contributed by atoms with Crippen molar-refractivity contribution < 1.29 is 23.9 Å². The first-order valence-electron chi connectivity index (χ1n) is 9.71. The molecule has 0 bridgehead atoms. The average Bonchev–Trinajstić information content (AvgIpc) is 2.83. The highest BCUT2D eigenvalue weighted by atomic mass is 16.6. The number of carbonyl (C=O) groups is 1. The van der Waals surface area contributed by atoms with Crippen LogP contribution in [0, 0.1) is 10.1 Å². The van der Waals surface area contributed by atoms with Crippen LogP contribution in [0.15, 0.2) is 72.8 Å². The Hall–Kier alpha value is -4.39. The van der Waals surface area contributed by atoms with Crippen LogP contribution in [-0.4, -0.2) is 25.4 Å². The molecule has 0 aliphatic heterocycles. The van der Waals surface area contributed by atoms with Crippen LogP contribution in [0.3, 0.4) is 0 Å². The third-order valence-electron chi connectivity index (χ3n) is 5.12. The van der Waals surface area contributed by atoms with Crippen LogP contribution in [0.5, 0.6) is 23.0 Å². The van der Waals surface area contributed by atoms with Crippen LogP contribution < -0.4 is 14.2 Å². The number of fused-ring (bicyclic) bond motifs is 1. The van der Waals surface area contributed by atoms with E-state index in [0.717, 1.165) is 5.39 Å². The molecule has 4 aromatic rings. The Labute approximate surface area is 183 Å². The lowest BCUT2D eigenvalue weighted by atomic mass is 9.93. The first-order valence-corrected chi connectivity index (χ1v) is 9.71. The average molecular weight is 429 g/mol. The number of carbonyl (C=O) groups excluding carboxylic acids is 1. The number of hydrogen-bond acceptors (Lipinski definition) is 6. The van der Waals surface area contributed by atoms with Crippen molar-refractivity contribution in [2.75, 3.05) is 14.2 Å². The summed E-state index contributed by atoms with van der Waals surface area (Å²) in [6.07, 6.45) is 0.696. The molecule has 0 radical (unpaired) electrons. The Morgan fingerprint density at radius 1 is 0.812 bits per heavy atom. The summed E-state index contributed by atoms with van der Waals surface area (Å²) in [6.45, 7) is 0. The maximum Gasteiger partial charge on any atom is 0.280 e. The first kappa shape index (κ1) is 20.9. The summed E-state index contributed by atoms with van der Waals surface area (Å²) in [5.41, 5.74) is 0.913. The molecule has 0 aromatic heterocycles. The minimum atomic E-state index is -0.486. The van der Waals surface area contributed by atoms with Crippen LogP contribution in [0.25, 0.3) is 21.9 Å². The largest absolute Gasteiger partial charge is 0.493 e. The van der Waals surface area contributed by atoms with Crippen molar-refractivity contribution in [2.45, 2.75) is 0 Å². The van der Waals surface area contributed by atoms with Crippen molar-refractivity contribution in [3.8, 4) is 34.1 Å². The van der Waals surface area contributed by atoms with E-state index in [2.05, 4.69) is 0 Å². The van der Waals surface area contributed by atoms with Crippen LogP contribution in [0.1, 0.15) is 10.4 Å². The summed E-state index contributed by atoms with van der Waals surface area (Å²) >= 11 is 0. The number of nitro benzene ring substituents is 1. The van der Waals surface area contributed by atoms with Crippen LogP contribution >= 0.6 is 0 Å². The van der Waals surface area contributed by atoms with Gasteiger partial charge in [-0.25, -0.2) is 0 Å². The predicted octanol–water partition coefficient (Wildman–Crippen LogP) is 6.04. The molecule has 0 heterocycles. The van der Waals surface area contributed by atoms with E-state index in [-0.39, 0.29) is 5.69 Å². The van der Waals surface area contributed by atoms with E-state index < -0.39 is 4.92 Å². The summed E-state index contributed by atoms with van der Waals surface area (Å²) in [4.78, 5) is 23.5. The van der Waals surface area contributed by atoms with Gasteiger partial charge in [0.05, 0.1) is 30.8 Å². The predicted molar refractivity (Wildman–Crippen MR) is 121 cm³/mol. The second-order valence-corrected chi connectivity index (χ2v) is 6.92. The van der Waals surface area contributed by atoms with E-state index in [1.54, 1.807) is 48.5 Å². The number of hydrogen-bond donors (Lipinski definition) is 0. The number of aldehydes is 1. The second kappa shape index (κ2) is 8.77. The van der Waals surface area contributed by atoms with E-state index in [0.29, 0.717) is 51.4 Å². The summed E-state index contributed by atoms with van der Waals surface area (Å²) in [5.74, 6) is 1.88. The van der Waals surface area contributed by atoms with Gasteiger partial charge in [0.25, 0.3) is 5.69 Å². The highest BCUT2D eigenvalue weighted by molar-refractivity contribution is 6.06. The number of para-hydroxylation sites is 1. The van der Waals surface area contributed by atoms with E-state index in [1.807, 2.05) is 18.2 Å². The van der Waals surface area contributed by atoms with E-state index in [9.17, 15) is 14.9 Å². The zero-order valence-corrected chi connectivity index (χ0v) is 17.4. The van der Waals surface area contributed by atoms with Gasteiger partial charge in [-0.15, -0.1) is 0 Å². The highest BCUT2D eigenvalue weighted by Crippen LogP contribution is 2.40. The molecule has 4 aromatic carbocycles. The molecule has 7 nitrogen and oxygen atoms in total. The monoisotopic (exact) mass is 429 g/mol. The van der Waals surface area contributed by atoms with Crippen molar-refractivity contribution >= 4 is 22.7 Å². The second-order valence-electron chi connectivity index (χ2n) is 6.92. The standard InChI is InChI=1S/C25H19NO6/c1-30-24-12-16-8-10-19(22(15-27)21(16)14-25(24)31-2)20-11-9-18(13-23(20)26(28)29)32-17-6-4-3-5-7-17/h3-15H,1-2H3. The lowest BCUT2D eigenvalue weighted by Gasteiger charge is -2.14. The molecule has 0 N–H and O–H groups in total. The molecule has 4 rings (SSSR count). The van der Waals surface area contributed by atoms with E-state index >= 15 is 0 Å². The molecule has 32 heavy (non-hydrogen) atoms. The molecule has 0 aliphatic carbocycles. The first-order chi connectivity index (χ1) is 15.5. The number of nitro groups is 1. The van der Waals surface area contributed by atoms with Crippen molar-refractivity contribution in [3.63, 3.8) is 0 Å². The minimum Gasteiger partial charge on any atom is -0.493 e. The Balaban J connectivity index is 1.87. The Morgan fingerprint density at radius 3 is 2.16 bits per heavy atom. The van der Waals surface area contributed by atoms with Crippen LogP contribution in [-0.2, 0) is 0 Å². The molecule has 0 saturated carbocycles. The fraction of sp³-hybridized carbons (Fsp3) is 0.0800. The Kier molecular flexibility index (Phi) is 5.72. The lowest BCUT2D eigenvalue weighted by molar-refractivity contribution is -0.384. The lowest BCUT2D eigenvalue weighted by Crippen LogP contribution is -1.98. The topological polar surface area (TPSA) is 87.9 Å². The van der Waals surface area contributed by atoms with Gasteiger partial charge in [-0.2, -0.15) is 0 Å². The quantitative estimate of drug-likeness (QED) is 0.202. The molecule has 0 amide bonds. The van der Waals surface area contributed by atoms with Crippen molar-refractivity contribution in [1.29, 1.82) is 0 Å². The zero-order valence-electron chi connectivity index (χ0n) is 17.4. The molecular formula is C25H19NO6. The molecule has 0 atom stereocenters. The van der Waals surface area contributed by atoms with Gasteiger partial charge in [0.1, 0.15) is 11.5 Å². The molecule has 0 saturated heterocycles. The van der Waals surface area contributed by atoms with Crippen molar-refractivity contribution in [2.24, 2.45) is 0 Å². The number of benzene rings is 4. The summed E-state index contributed by atoms with van der Waals surface area (Å²) < 4.78 is 16.4. The fourth-order valence-electron chi connectivity index (χ4n) is 3.61. The number of nitrogens with zero attached hydrogens (tertiary/aromatic N) is 1. The van der Waals surface area contributed by atoms with Crippen molar-refractivity contribution in [3.05, 3.63) is 88.5 Å². The molecule has 0 spiro atoms. The van der Waals surface area contributed by atoms with Gasteiger partial charge in [0.2, 0.25) is 0 Å². The van der Waals surface area contributed by atoms with Gasteiger partial charge in [0.15, 0.2) is 17.8 Å². The van der Waals surface area contributed by atoms with E-state index in [4.69, 9.17) is 14.2 Å².